The largest absolute Gasteiger partial charge is 0.351 e. The third-order valence-electron chi connectivity index (χ3n) is 3.56. The first-order chi connectivity index (χ1) is 11.9. The molecular formula is C16H15FN4O3S. The summed E-state index contributed by atoms with van der Waals surface area (Å²) in [6.07, 6.45) is 4.73. The number of amides is 1. The number of carbonyl (C=O) groups excluding carboxylic acids is 1. The summed E-state index contributed by atoms with van der Waals surface area (Å²) >= 11 is 0. The Kier molecular flexibility index (Phi) is 4.49. The van der Waals surface area contributed by atoms with Crippen molar-refractivity contribution in [3.63, 3.8) is 0 Å². The molecule has 0 atom stereocenters. The van der Waals surface area contributed by atoms with E-state index in [2.05, 4.69) is 15.4 Å². The number of aromatic nitrogens is 3. The fourth-order valence-corrected chi connectivity index (χ4v) is 3.44. The van der Waals surface area contributed by atoms with E-state index in [0.29, 0.717) is 5.65 Å². The van der Waals surface area contributed by atoms with Gasteiger partial charge in [0, 0.05) is 18.9 Å². The number of sulfone groups is 1. The lowest BCUT2D eigenvalue weighted by Gasteiger charge is -2.06. The molecule has 0 saturated carbocycles. The molecule has 0 aliphatic heterocycles. The minimum absolute atomic E-state index is 0.0104. The van der Waals surface area contributed by atoms with Crippen LogP contribution in [0.3, 0.4) is 0 Å². The molecule has 0 radical (unpaired) electrons. The molecule has 0 saturated heterocycles. The Bertz CT molecular complexity index is 1030. The van der Waals surface area contributed by atoms with Crippen molar-refractivity contribution in [3.05, 3.63) is 59.8 Å². The van der Waals surface area contributed by atoms with E-state index in [0.717, 1.165) is 17.7 Å². The van der Waals surface area contributed by atoms with Crippen molar-refractivity contribution in [2.24, 2.45) is 0 Å². The Morgan fingerprint density at radius 2 is 1.96 bits per heavy atom. The van der Waals surface area contributed by atoms with Gasteiger partial charge in [-0.3, -0.25) is 4.79 Å². The normalized spacial score (nSPS) is 11.6. The van der Waals surface area contributed by atoms with Crippen molar-refractivity contribution in [2.45, 2.75) is 11.8 Å². The van der Waals surface area contributed by atoms with E-state index in [1.807, 2.05) is 6.92 Å². The molecule has 9 heteroatoms. The lowest BCUT2D eigenvalue weighted by molar-refractivity contribution is 0.0957. The van der Waals surface area contributed by atoms with Crippen LogP contribution in [0.1, 0.15) is 15.9 Å². The first kappa shape index (κ1) is 17.0. The molecular weight excluding hydrogens is 347 g/mol. The van der Waals surface area contributed by atoms with Crippen molar-refractivity contribution < 1.29 is 17.6 Å². The van der Waals surface area contributed by atoms with Crippen LogP contribution in [0.5, 0.6) is 0 Å². The molecule has 0 aliphatic carbocycles. The van der Waals surface area contributed by atoms with Gasteiger partial charge in [0.05, 0.1) is 16.8 Å². The molecule has 0 aliphatic rings. The average molecular weight is 362 g/mol. The van der Waals surface area contributed by atoms with Gasteiger partial charge in [-0.15, -0.1) is 0 Å². The van der Waals surface area contributed by atoms with Crippen LogP contribution in [-0.4, -0.2) is 41.2 Å². The molecule has 3 rings (SSSR count). The SMILES string of the molecule is Cc1cnc2c(C(=O)NCCS(=O)(=O)c3ccc(F)cc3)cnn2c1. The second-order valence-corrected chi connectivity index (χ2v) is 7.60. The summed E-state index contributed by atoms with van der Waals surface area (Å²) in [6, 6.07) is 4.56. The quantitative estimate of drug-likeness (QED) is 0.692. The summed E-state index contributed by atoms with van der Waals surface area (Å²) in [4.78, 5) is 16.4. The third kappa shape index (κ3) is 3.66. The number of benzene rings is 1. The van der Waals surface area contributed by atoms with Crippen LogP contribution in [0.15, 0.2) is 47.8 Å². The lowest BCUT2D eigenvalue weighted by atomic mass is 10.3. The average Bonchev–Trinajstić information content (AvgIpc) is 2.98. The first-order valence-electron chi connectivity index (χ1n) is 7.43. The molecule has 0 unspecified atom stereocenters. The van der Waals surface area contributed by atoms with Gasteiger partial charge in [0.2, 0.25) is 0 Å². The Labute approximate surface area is 143 Å². The smallest absolute Gasteiger partial charge is 0.256 e. The minimum atomic E-state index is -3.61. The van der Waals surface area contributed by atoms with Gasteiger partial charge < -0.3 is 5.32 Å². The van der Waals surface area contributed by atoms with Gasteiger partial charge in [0.1, 0.15) is 11.4 Å². The van der Waals surface area contributed by atoms with E-state index in [-0.39, 0.29) is 22.8 Å². The Balaban J connectivity index is 1.66. The number of nitrogens with one attached hydrogen (secondary N) is 1. The van der Waals surface area contributed by atoms with Gasteiger partial charge in [-0.25, -0.2) is 22.3 Å². The highest BCUT2D eigenvalue weighted by atomic mass is 32.2. The predicted molar refractivity (Wildman–Crippen MR) is 88.5 cm³/mol. The third-order valence-corrected chi connectivity index (χ3v) is 5.29. The van der Waals surface area contributed by atoms with Gasteiger partial charge in [-0.05, 0) is 36.8 Å². The molecule has 1 amide bonds. The summed E-state index contributed by atoms with van der Waals surface area (Å²) in [5, 5.41) is 6.60. The molecule has 0 bridgehead atoms. The summed E-state index contributed by atoms with van der Waals surface area (Å²) in [7, 11) is -3.61. The number of nitrogens with zero attached hydrogens (tertiary/aromatic N) is 3. The molecule has 1 N–H and O–H groups in total. The van der Waals surface area contributed by atoms with E-state index in [1.165, 1.54) is 22.8 Å². The highest BCUT2D eigenvalue weighted by molar-refractivity contribution is 7.91. The number of halogens is 1. The van der Waals surface area contributed by atoms with Gasteiger partial charge in [0.15, 0.2) is 15.5 Å². The van der Waals surface area contributed by atoms with Crippen molar-refractivity contribution >= 4 is 21.4 Å². The van der Waals surface area contributed by atoms with Crippen molar-refractivity contribution in [2.75, 3.05) is 12.3 Å². The van der Waals surface area contributed by atoms with E-state index in [1.54, 1.807) is 12.4 Å². The number of hydrogen-bond acceptors (Lipinski definition) is 5. The van der Waals surface area contributed by atoms with Gasteiger partial charge in [0.25, 0.3) is 5.91 Å². The second kappa shape index (κ2) is 6.60. The van der Waals surface area contributed by atoms with Crippen LogP contribution in [0.2, 0.25) is 0 Å². The molecule has 2 aromatic heterocycles. The summed E-state index contributed by atoms with van der Waals surface area (Å²) in [6.45, 7) is 1.77. The monoisotopic (exact) mass is 362 g/mol. The molecule has 2 heterocycles. The minimum Gasteiger partial charge on any atom is -0.351 e. The molecule has 1 aromatic carbocycles. The van der Waals surface area contributed by atoms with Crippen molar-refractivity contribution in [1.29, 1.82) is 0 Å². The zero-order chi connectivity index (χ0) is 18.0. The first-order valence-corrected chi connectivity index (χ1v) is 9.08. The van der Waals surface area contributed by atoms with Crippen LogP contribution >= 0.6 is 0 Å². The van der Waals surface area contributed by atoms with E-state index < -0.39 is 21.6 Å². The maximum Gasteiger partial charge on any atom is 0.256 e. The number of rotatable bonds is 5. The lowest BCUT2D eigenvalue weighted by Crippen LogP contribution is -2.29. The summed E-state index contributed by atoms with van der Waals surface area (Å²) in [5.41, 5.74) is 1.55. The maximum absolute atomic E-state index is 12.9. The molecule has 0 fully saturated rings. The van der Waals surface area contributed by atoms with Crippen LogP contribution in [0.4, 0.5) is 4.39 Å². The number of aryl methyl sites for hydroxylation is 1. The molecule has 3 aromatic rings. The Morgan fingerprint density at radius 3 is 2.68 bits per heavy atom. The van der Waals surface area contributed by atoms with Crippen molar-refractivity contribution in [3.8, 4) is 0 Å². The zero-order valence-corrected chi connectivity index (χ0v) is 14.1. The van der Waals surface area contributed by atoms with Crippen LogP contribution < -0.4 is 5.32 Å². The molecule has 7 nitrogen and oxygen atoms in total. The standard InChI is InChI=1S/C16H15FN4O3S/c1-11-8-19-15-14(9-20-21(15)10-11)16(22)18-6-7-25(23,24)13-4-2-12(17)3-5-13/h2-5,8-10H,6-7H2,1H3,(H,18,22). The Hall–Kier alpha value is -2.81. The fraction of sp³-hybridized carbons (Fsp3) is 0.188. The predicted octanol–water partition coefficient (Wildman–Crippen LogP) is 1.38. The summed E-state index contributed by atoms with van der Waals surface area (Å²) in [5.74, 6) is -1.26. The number of carbonyl (C=O) groups is 1. The molecule has 25 heavy (non-hydrogen) atoms. The van der Waals surface area contributed by atoms with Crippen LogP contribution in [0, 0.1) is 12.7 Å². The number of hydrogen-bond donors (Lipinski definition) is 1. The second-order valence-electron chi connectivity index (χ2n) is 5.49. The highest BCUT2D eigenvalue weighted by Gasteiger charge is 2.17. The fourth-order valence-electron chi connectivity index (χ4n) is 2.28. The number of fused-ring (bicyclic) bond motifs is 1. The molecule has 0 spiro atoms. The van der Waals surface area contributed by atoms with Gasteiger partial charge in [-0.2, -0.15) is 5.10 Å². The zero-order valence-electron chi connectivity index (χ0n) is 13.3. The summed E-state index contributed by atoms with van der Waals surface area (Å²) < 4.78 is 38.7. The maximum atomic E-state index is 12.9. The van der Waals surface area contributed by atoms with E-state index in [4.69, 9.17) is 0 Å². The van der Waals surface area contributed by atoms with Crippen LogP contribution in [0.25, 0.3) is 5.65 Å². The van der Waals surface area contributed by atoms with Gasteiger partial charge in [-0.1, -0.05) is 0 Å². The van der Waals surface area contributed by atoms with Gasteiger partial charge >= 0.3 is 0 Å². The molecule has 130 valence electrons. The van der Waals surface area contributed by atoms with Crippen LogP contribution in [-0.2, 0) is 9.84 Å². The highest BCUT2D eigenvalue weighted by Crippen LogP contribution is 2.12. The van der Waals surface area contributed by atoms with Crippen molar-refractivity contribution in [1.82, 2.24) is 19.9 Å². The topological polar surface area (TPSA) is 93.4 Å². The Morgan fingerprint density at radius 1 is 1.24 bits per heavy atom. The van der Waals surface area contributed by atoms with E-state index in [9.17, 15) is 17.6 Å². The van der Waals surface area contributed by atoms with E-state index >= 15 is 0 Å².